The lowest BCUT2D eigenvalue weighted by molar-refractivity contribution is -0.138. The Labute approximate surface area is 157 Å². The predicted molar refractivity (Wildman–Crippen MR) is 101 cm³/mol. The molecule has 3 amide bonds. The van der Waals surface area contributed by atoms with E-state index in [9.17, 15) is 18.0 Å². The van der Waals surface area contributed by atoms with Crippen LogP contribution >= 0.6 is 11.3 Å². The molecule has 0 radical (unpaired) electrons. The minimum absolute atomic E-state index is 0.0202. The molecule has 10 heteroatoms. The highest BCUT2D eigenvalue weighted by Gasteiger charge is 2.33. The third-order valence-corrected chi connectivity index (χ3v) is 6.92. The molecule has 2 aliphatic heterocycles. The molecule has 144 valence electrons. The summed E-state index contributed by atoms with van der Waals surface area (Å²) in [6.45, 7) is 2.53. The van der Waals surface area contributed by atoms with Crippen LogP contribution in [-0.2, 0) is 14.8 Å². The second-order valence-electron chi connectivity index (χ2n) is 6.68. The predicted octanol–water partition coefficient (Wildman–Crippen LogP) is 1.10. The summed E-state index contributed by atoms with van der Waals surface area (Å²) < 4.78 is 24.6. The molecule has 26 heavy (non-hydrogen) atoms. The first-order chi connectivity index (χ1) is 12.3. The van der Waals surface area contributed by atoms with Crippen LogP contribution in [0, 0.1) is 5.92 Å². The van der Waals surface area contributed by atoms with Crippen molar-refractivity contribution in [1.29, 1.82) is 0 Å². The molecular weight excluding hydrogens is 376 g/mol. The van der Waals surface area contributed by atoms with E-state index in [2.05, 4.69) is 5.32 Å². The number of carbonyl (C=O) groups excluding carboxylic acids is 2. The Kier molecular flexibility index (Phi) is 5.83. The van der Waals surface area contributed by atoms with Gasteiger partial charge in [-0.15, -0.1) is 11.3 Å². The largest absolute Gasteiger partial charge is 0.340 e. The average Bonchev–Trinajstić information content (AvgIpc) is 3.13. The van der Waals surface area contributed by atoms with E-state index in [1.165, 1.54) is 21.9 Å². The summed E-state index contributed by atoms with van der Waals surface area (Å²) in [7, 11) is -3.21. The number of likely N-dealkylation sites (tertiary alicyclic amines) is 1. The second kappa shape index (κ2) is 7.93. The van der Waals surface area contributed by atoms with E-state index in [0.29, 0.717) is 39.3 Å². The van der Waals surface area contributed by atoms with Crippen LogP contribution in [0.5, 0.6) is 0 Å². The minimum Gasteiger partial charge on any atom is -0.340 e. The molecule has 2 fully saturated rings. The van der Waals surface area contributed by atoms with Crippen molar-refractivity contribution in [2.75, 3.05) is 50.8 Å². The molecule has 1 unspecified atom stereocenters. The molecule has 8 nitrogen and oxygen atoms in total. The van der Waals surface area contributed by atoms with E-state index in [1.807, 2.05) is 17.5 Å². The second-order valence-corrected chi connectivity index (χ2v) is 9.61. The first kappa shape index (κ1) is 19.1. The van der Waals surface area contributed by atoms with E-state index < -0.39 is 10.0 Å². The summed E-state index contributed by atoms with van der Waals surface area (Å²) in [6.07, 6.45) is 2.74. The zero-order valence-electron chi connectivity index (χ0n) is 14.8. The maximum Gasteiger partial charge on any atom is 0.322 e. The van der Waals surface area contributed by atoms with Crippen LogP contribution in [0.4, 0.5) is 9.80 Å². The molecule has 0 saturated carbocycles. The van der Waals surface area contributed by atoms with Gasteiger partial charge in [0.2, 0.25) is 15.9 Å². The molecular formula is C16H24N4O4S2. The molecule has 3 rings (SSSR count). The van der Waals surface area contributed by atoms with Gasteiger partial charge in [-0.05, 0) is 30.4 Å². The van der Waals surface area contributed by atoms with Gasteiger partial charge in [0.25, 0.3) is 0 Å². The van der Waals surface area contributed by atoms with Crippen LogP contribution < -0.4 is 5.32 Å². The van der Waals surface area contributed by atoms with Gasteiger partial charge >= 0.3 is 6.03 Å². The molecule has 1 atom stereocenters. The molecule has 0 aliphatic carbocycles. The van der Waals surface area contributed by atoms with Gasteiger partial charge in [-0.1, -0.05) is 0 Å². The molecule has 0 aromatic carbocycles. The zero-order chi connectivity index (χ0) is 18.7. The summed E-state index contributed by atoms with van der Waals surface area (Å²) in [5, 5.41) is 5.55. The number of amides is 3. The number of anilines is 1. The maximum atomic E-state index is 12.8. The standard InChI is InChI=1S/C16H24N4O4S2/c1-26(23,24)20-9-7-18(8-10-20)15(21)13-4-2-6-19(12-13)16(22)17-14-5-3-11-25-14/h3,5,11,13H,2,4,6-10,12H2,1H3,(H,17,22). The number of urea groups is 1. The van der Waals surface area contributed by atoms with Crippen LogP contribution in [0.1, 0.15) is 12.8 Å². The maximum absolute atomic E-state index is 12.8. The van der Waals surface area contributed by atoms with Gasteiger partial charge in [-0.25, -0.2) is 13.2 Å². The molecule has 1 aromatic rings. The topological polar surface area (TPSA) is 90.0 Å². The normalized spacial score (nSPS) is 22.3. The van der Waals surface area contributed by atoms with E-state index >= 15 is 0 Å². The fourth-order valence-electron chi connectivity index (χ4n) is 3.40. The zero-order valence-corrected chi connectivity index (χ0v) is 16.4. The highest BCUT2D eigenvalue weighted by molar-refractivity contribution is 7.88. The Balaban J connectivity index is 1.54. The van der Waals surface area contributed by atoms with Gasteiger partial charge in [0.1, 0.15) is 0 Å². The van der Waals surface area contributed by atoms with Crippen molar-refractivity contribution in [3.8, 4) is 0 Å². The van der Waals surface area contributed by atoms with Crippen LogP contribution in [0.3, 0.4) is 0 Å². The smallest absolute Gasteiger partial charge is 0.322 e. The van der Waals surface area contributed by atoms with Gasteiger partial charge in [-0.2, -0.15) is 4.31 Å². The summed E-state index contributed by atoms with van der Waals surface area (Å²) in [5.41, 5.74) is 0. The monoisotopic (exact) mass is 400 g/mol. The van der Waals surface area contributed by atoms with Crippen LogP contribution in [-0.4, -0.2) is 80.0 Å². The summed E-state index contributed by atoms with van der Waals surface area (Å²) in [5.74, 6) is -0.200. The van der Waals surface area contributed by atoms with Crippen molar-refractivity contribution in [1.82, 2.24) is 14.1 Å². The first-order valence-electron chi connectivity index (χ1n) is 8.68. The number of thiophene rings is 1. The molecule has 1 N–H and O–H groups in total. The van der Waals surface area contributed by atoms with E-state index in [1.54, 1.807) is 9.80 Å². The highest BCUT2D eigenvalue weighted by Crippen LogP contribution is 2.22. The van der Waals surface area contributed by atoms with Crippen molar-refractivity contribution in [2.45, 2.75) is 12.8 Å². The first-order valence-corrected chi connectivity index (χ1v) is 11.4. The fourth-order valence-corrected chi connectivity index (χ4v) is 4.83. The van der Waals surface area contributed by atoms with E-state index in [4.69, 9.17) is 0 Å². The molecule has 2 saturated heterocycles. The lowest BCUT2D eigenvalue weighted by atomic mass is 9.96. The SMILES string of the molecule is CS(=O)(=O)N1CCN(C(=O)C2CCCN(C(=O)Nc3cccs3)C2)CC1. The van der Waals surface area contributed by atoms with E-state index in [0.717, 1.165) is 17.8 Å². The number of piperazine rings is 1. The Bertz CT molecular complexity index is 742. The Morgan fingerprint density at radius 2 is 1.88 bits per heavy atom. The van der Waals surface area contributed by atoms with Crippen LogP contribution in [0.25, 0.3) is 0 Å². The Morgan fingerprint density at radius 1 is 1.15 bits per heavy atom. The summed E-state index contributed by atoms with van der Waals surface area (Å²) in [6, 6.07) is 3.54. The van der Waals surface area contributed by atoms with Crippen molar-refractivity contribution >= 4 is 38.3 Å². The molecule has 1 aromatic heterocycles. The third-order valence-electron chi connectivity index (χ3n) is 4.83. The molecule has 2 aliphatic rings. The Hall–Kier alpha value is -1.65. The third kappa shape index (κ3) is 4.54. The lowest BCUT2D eigenvalue weighted by Crippen LogP contribution is -2.54. The number of sulfonamides is 1. The quantitative estimate of drug-likeness (QED) is 0.823. The average molecular weight is 401 g/mol. The highest BCUT2D eigenvalue weighted by atomic mass is 32.2. The van der Waals surface area contributed by atoms with Crippen molar-refractivity contribution in [3.63, 3.8) is 0 Å². The number of rotatable bonds is 3. The van der Waals surface area contributed by atoms with Crippen molar-refractivity contribution in [3.05, 3.63) is 17.5 Å². The number of hydrogen-bond donors (Lipinski definition) is 1. The van der Waals surface area contributed by atoms with Crippen molar-refractivity contribution in [2.24, 2.45) is 5.92 Å². The number of nitrogens with zero attached hydrogens (tertiary/aromatic N) is 3. The number of hydrogen-bond acceptors (Lipinski definition) is 5. The fraction of sp³-hybridized carbons (Fsp3) is 0.625. The number of carbonyl (C=O) groups is 2. The number of piperidine rings is 1. The minimum atomic E-state index is -3.21. The van der Waals surface area contributed by atoms with Gasteiger partial charge in [-0.3, -0.25) is 10.1 Å². The van der Waals surface area contributed by atoms with Crippen LogP contribution in [0.2, 0.25) is 0 Å². The van der Waals surface area contributed by atoms with Gasteiger partial charge < -0.3 is 9.80 Å². The lowest BCUT2D eigenvalue weighted by Gasteiger charge is -2.38. The van der Waals surface area contributed by atoms with Gasteiger partial charge in [0.05, 0.1) is 17.2 Å². The molecule has 0 bridgehead atoms. The van der Waals surface area contributed by atoms with Gasteiger partial charge in [0.15, 0.2) is 0 Å². The van der Waals surface area contributed by atoms with Crippen LogP contribution in [0.15, 0.2) is 17.5 Å². The summed E-state index contributed by atoms with van der Waals surface area (Å²) in [4.78, 5) is 28.6. The van der Waals surface area contributed by atoms with Gasteiger partial charge in [0, 0.05) is 39.3 Å². The summed E-state index contributed by atoms with van der Waals surface area (Å²) >= 11 is 1.46. The van der Waals surface area contributed by atoms with E-state index in [-0.39, 0.29) is 17.9 Å². The molecule has 0 spiro atoms. The number of nitrogens with one attached hydrogen (secondary N) is 1. The molecule has 3 heterocycles. The Morgan fingerprint density at radius 3 is 2.50 bits per heavy atom. The van der Waals surface area contributed by atoms with Crippen molar-refractivity contribution < 1.29 is 18.0 Å².